The molecule has 8 nitrogen and oxygen atoms in total. The number of likely N-dealkylation sites (tertiary alicyclic amines) is 1. The maximum atomic E-state index is 12.9. The Hall–Kier alpha value is -2.64. The standard InChI is InChI=1S/C17H24N6O2/c1-10(2)12-8-23(9-15(12)18-17(25)22(3)4)16(24)11-5-6-13-14(7-11)20-21-19-13/h5-7,10,12,15H,8-9H2,1-4H3,(H,18,25)(H,19,20,21)/t12-,15+/m0/s1. The van der Waals surface area contributed by atoms with E-state index in [2.05, 4.69) is 34.6 Å². The minimum absolute atomic E-state index is 0.0443. The molecule has 0 unspecified atom stereocenters. The van der Waals surface area contributed by atoms with Crippen LogP contribution in [0.2, 0.25) is 0 Å². The number of nitrogens with zero attached hydrogens (tertiary/aromatic N) is 4. The summed E-state index contributed by atoms with van der Waals surface area (Å²) in [6.07, 6.45) is 0. The number of benzene rings is 1. The molecule has 3 rings (SSSR count). The number of amides is 3. The van der Waals surface area contributed by atoms with Crippen molar-refractivity contribution in [1.82, 2.24) is 30.5 Å². The van der Waals surface area contributed by atoms with Crippen molar-refractivity contribution in [3.8, 4) is 0 Å². The van der Waals surface area contributed by atoms with E-state index in [4.69, 9.17) is 0 Å². The van der Waals surface area contributed by atoms with Crippen molar-refractivity contribution in [3.05, 3.63) is 23.8 Å². The van der Waals surface area contributed by atoms with Gasteiger partial charge in [-0.1, -0.05) is 13.8 Å². The Morgan fingerprint density at radius 2 is 1.96 bits per heavy atom. The summed E-state index contributed by atoms with van der Waals surface area (Å²) in [5.41, 5.74) is 1.99. The van der Waals surface area contributed by atoms with Crippen molar-refractivity contribution in [1.29, 1.82) is 0 Å². The molecule has 0 spiro atoms. The van der Waals surface area contributed by atoms with Crippen LogP contribution in [-0.4, -0.2) is 70.4 Å². The quantitative estimate of drug-likeness (QED) is 0.878. The number of nitrogens with one attached hydrogen (secondary N) is 2. The summed E-state index contributed by atoms with van der Waals surface area (Å²) in [7, 11) is 3.43. The van der Waals surface area contributed by atoms with Gasteiger partial charge in [-0.3, -0.25) is 4.79 Å². The second kappa shape index (κ2) is 6.70. The molecule has 2 N–H and O–H groups in total. The Morgan fingerprint density at radius 3 is 2.64 bits per heavy atom. The Kier molecular flexibility index (Phi) is 4.61. The average Bonchev–Trinajstić information content (AvgIpc) is 3.19. The van der Waals surface area contributed by atoms with Crippen LogP contribution in [-0.2, 0) is 0 Å². The third-order valence-electron chi connectivity index (χ3n) is 4.79. The van der Waals surface area contributed by atoms with Crippen molar-refractivity contribution in [2.75, 3.05) is 27.2 Å². The van der Waals surface area contributed by atoms with Gasteiger partial charge in [0.1, 0.15) is 11.0 Å². The first kappa shape index (κ1) is 17.2. The van der Waals surface area contributed by atoms with E-state index >= 15 is 0 Å². The van der Waals surface area contributed by atoms with Crippen molar-refractivity contribution in [3.63, 3.8) is 0 Å². The highest BCUT2D eigenvalue weighted by Crippen LogP contribution is 2.26. The molecule has 1 aliphatic rings. The monoisotopic (exact) mass is 344 g/mol. The number of hydrogen-bond acceptors (Lipinski definition) is 4. The summed E-state index contributed by atoms with van der Waals surface area (Å²) in [5, 5.41) is 13.6. The summed E-state index contributed by atoms with van der Waals surface area (Å²) in [4.78, 5) is 28.2. The van der Waals surface area contributed by atoms with Gasteiger partial charge in [-0.15, -0.1) is 0 Å². The lowest BCUT2D eigenvalue weighted by molar-refractivity contribution is 0.0782. The number of urea groups is 1. The van der Waals surface area contributed by atoms with E-state index < -0.39 is 0 Å². The van der Waals surface area contributed by atoms with Gasteiger partial charge < -0.3 is 15.1 Å². The van der Waals surface area contributed by atoms with Crippen LogP contribution in [0.4, 0.5) is 4.79 Å². The van der Waals surface area contributed by atoms with E-state index in [1.807, 2.05) is 4.90 Å². The maximum absolute atomic E-state index is 12.9. The van der Waals surface area contributed by atoms with Gasteiger partial charge in [0.25, 0.3) is 5.91 Å². The molecule has 0 radical (unpaired) electrons. The van der Waals surface area contributed by atoms with Gasteiger partial charge in [0.2, 0.25) is 0 Å². The third-order valence-corrected chi connectivity index (χ3v) is 4.79. The lowest BCUT2D eigenvalue weighted by atomic mass is 9.91. The van der Waals surface area contributed by atoms with E-state index in [9.17, 15) is 9.59 Å². The van der Waals surface area contributed by atoms with Crippen LogP contribution < -0.4 is 5.32 Å². The van der Waals surface area contributed by atoms with Gasteiger partial charge in [-0.05, 0) is 24.1 Å². The van der Waals surface area contributed by atoms with Crippen molar-refractivity contribution >= 4 is 23.0 Å². The number of fused-ring (bicyclic) bond motifs is 1. The highest BCUT2D eigenvalue weighted by molar-refractivity contribution is 5.97. The van der Waals surface area contributed by atoms with E-state index in [-0.39, 0.29) is 23.9 Å². The first-order valence-corrected chi connectivity index (χ1v) is 8.44. The van der Waals surface area contributed by atoms with Gasteiger partial charge in [0.05, 0.1) is 6.04 Å². The number of hydrogen-bond donors (Lipinski definition) is 2. The zero-order valence-electron chi connectivity index (χ0n) is 15.0. The van der Waals surface area contributed by atoms with Crippen LogP contribution in [0.3, 0.4) is 0 Å². The van der Waals surface area contributed by atoms with E-state index in [0.717, 1.165) is 5.52 Å². The molecule has 1 saturated heterocycles. The molecule has 1 aromatic carbocycles. The summed E-state index contributed by atoms with van der Waals surface area (Å²) in [6, 6.07) is 5.12. The molecular formula is C17H24N6O2. The predicted octanol–water partition coefficient (Wildman–Crippen LogP) is 1.33. The molecule has 8 heteroatoms. The fraction of sp³-hybridized carbons (Fsp3) is 0.529. The molecule has 1 fully saturated rings. The zero-order chi connectivity index (χ0) is 18.1. The molecule has 134 valence electrons. The molecule has 0 saturated carbocycles. The van der Waals surface area contributed by atoms with Gasteiger partial charge >= 0.3 is 6.03 Å². The van der Waals surface area contributed by atoms with Crippen molar-refractivity contribution < 1.29 is 9.59 Å². The molecule has 2 atom stereocenters. The highest BCUT2D eigenvalue weighted by Gasteiger charge is 2.38. The molecule has 0 bridgehead atoms. The number of H-pyrrole nitrogens is 1. The van der Waals surface area contributed by atoms with Crippen LogP contribution >= 0.6 is 0 Å². The summed E-state index contributed by atoms with van der Waals surface area (Å²) in [5.74, 6) is 0.545. The lowest BCUT2D eigenvalue weighted by Gasteiger charge is -2.24. The van der Waals surface area contributed by atoms with Crippen LogP contribution in [0.25, 0.3) is 11.0 Å². The lowest BCUT2D eigenvalue weighted by Crippen LogP contribution is -2.46. The smallest absolute Gasteiger partial charge is 0.317 e. The summed E-state index contributed by atoms with van der Waals surface area (Å²) < 4.78 is 0. The minimum atomic E-state index is -0.131. The number of aromatic amines is 1. The Morgan fingerprint density at radius 1 is 1.24 bits per heavy atom. The van der Waals surface area contributed by atoms with E-state index in [1.165, 1.54) is 4.90 Å². The molecule has 25 heavy (non-hydrogen) atoms. The fourth-order valence-electron chi connectivity index (χ4n) is 3.27. The van der Waals surface area contributed by atoms with Gasteiger partial charge in [0, 0.05) is 38.7 Å². The van der Waals surface area contributed by atoms with Crippen LogP contribution in [0.15, 0.2) is 18.2 Å². The average molecular weight is 344 g/mol. The Balaban J connectivity index is 1.77. The van der Waals surface area contributed by atoms with Crippen LogP contribution in [0.1, 0.15) is 24.2 Å². The van der Waals surface area contributed by atoms with Gasteiger partial charge in [0.15, 0.2) is 0 Å². The molecule has 0 aliphatic carbocycles. The Labute approximate surface area is 146 Å². The first-order valence-electron chi connectivity index (χ1n) is 8.44. The van der Waals surface area contributed by atoms with E-state index in [0.29, 0.717) is 30.1 Å². The second-order valence-electron chi connectivity index (χ2n) is 7.10. The topological polar surface area (TPSA) is 94.2 Å². The number of carbonyl (C=O) groups excluding carboxylic acids is 2. The largest absolute Gasteiger partial charge is 0.336 e. The van der Waals surface area contributed by atoms with Gasteiger partial charge in [-0.25, -0.2) is 4.79 Å². The molecule has 2 aromatic rings. The highest BCUT2D eigenvalue weighted by atomic mass is 16.2. The molecule has 3 amide bonds. The number of aromatic nitrogens is 3. The van der Waals surface area contributed by atoms with Crippen LogP contribution in [0, 0.1) is 11.8 Å². The molecule has 1 aliphatic heterocycles. The van der Waals surface area contributed by atoms with Crippen molar-refractivity contribution in [2.24, 2.45) is 11.8 Å². The maximum Gasteiger partial charge on any atom is 0.317 e. The zero-order valence-corrected chi connectivity index (χ0v) is 15.0. The molecule has 1 aromatic heterocycles. The van der Waals surface area contributed by atoms with E-state index in [1.54, 1.807) is 32.3 Å². The van der Waals surface area contributed by atoms with Crippen molar-refractivity contribution in [2.45, 2.75) is 19.9 Å². The first-order chi connectivity index (χ1) is 11.9. The van der Waals surface area contributed by atoms with Gasteiger partial charge in [-0.2, -0.15) is 15.4 Å². The predicted molar refractivity (Wildman–Crippen MR) is 94.1 cm³/mol. The number of carbonyl (C=O) groups is 2. The Bertz CT molecular complexity index is 784. The summed E-state index contributed by atoms with van der Waals surface area (Å²) in [6.45, 7) is 5.38. The third kappa shape index (κ3) is 3.42. The second-order valence-corrected chi connectivity index (χ2v) is 7.10. The fourth-order valence-corrected chi connectivity index (χ4v) is 3.27. The van der Waals surface area contributed by atoms with Crippen LogP contribution in [0.5, 0.6) is 0 Å². The summed E-state index contributed by atoms with van der Waals surface area (Å²) >= 11 is 0. The number of rotatable bonds is 3. The molecular weight excluding hydrogens is 320 g/mol. The SMILES string of the molecule is CC(C)[C@@H]1CN(C(=O)c2ccc3n[nH]nc3c2)C[C@H]1NC(=O)N(C)C. The minimum Gasteiger partial charge on any atom is -0.336 e. The normalized spacial score (nSPS) is 20.3. The molecule has 2 heterocycles.